The molecule has 2 N–H and O–H groups in total. The zero-order valence-electron chi connectivity index (χ0n) is 8.06. The molecular weight excluding hydrogens is 217 g/mol. The van der Waals surface area contributed by atoms with Crippen LogP contribution in [0.4, 0.5) is 0 Å². The molecule has 0 aliphatic carbocycles. The highest BCUT2D eigenvalue weighted by Crippen LogP contribution is 2.34. The molecule has 0 bridgehead atoms. The van der Waals surface area contributed by atoms with Gasteiger partial charge in [-0.05, 0) is 25.5 Å². The fraction of sp³-hybridized carbons (Fsp3) is 0.273. The standard InChI is InChI=1S/C11H13Cl2N/c1-3-7-11(2,14)10-8(12)5-4-6-9(10)13/h3-6H,1,7,14H2,2H3/t11-/m1/s1. The topological polar surface area (TPSA) is 26.0 Å². The zero-order valence-corrected chi connectivity index (χ0v) is 9.57. The molecule has 0 saturated heterocycles. The average Bonchev–Trinajstić information content (AvgIpc) is 2.02. The van der Waals surface area contributed by atoms with Gasteiger partial charge in [0, 0.05) is 21.1 Å². The maximum atomic E-state index is 6.11. The Bertz CT molecular complexity index is 325. The van der Waals surface area contributed by atoms with Gasteiger partial charge < -0.3 is 5.73 Å². The largest absolute Gasteiger partial charge is 0.321 e. The van der Waals surface area contributed by atoms with Gasteiger partial charge >= 0.3 is 0 Å². The van der Waals surface area contributed by atoms with Crippen molar-refractivity contribution in [2.75, 3.05) is 0 Å². The lowest BCUT2D eigenvalue weighted by molar-refractivity contribution is 0.503. The molecule has 3 heteroatoms. The van der Waals surface area contributed by atoms with Gasteiger partial charge in [-0.3, -0.25) is 0 Å². The summed E-state index contributed by atoms with van der Waals surface area (Å²) >= 11 is 12.1. The van der Waals surface area contributed by atoms with Crippen LogP contribution in [0.5, 0.6) is 0 Å². The first kappa shape index (κ1) is 11.6. The average molecular weight is 230 g/mol. The van der Waals surface area contributed by atoms with E-state index in [2.05, 4.69) is 6.58 Å². The molecule has 0 aromatic heterocycles. The lowest BCUT2D eigenvalue weighted by Gasteiger charge is -2.25. The summed E-state index contributed by atoms with van der Waals surface area (Å²) in [7, 11) is 0. The van der Waals surface area contributed by atoms with Crippen molar-refractivity contribution in [3.05, 3.63) is 46.5 Å². The lowest BCUT2D eigenvalue weighted by Crippen LogP contribution is -2.33. The third-order valence-electron chi connectivity index (χ3n) is 2.10. The smallest absolute Gasteiger partial charge is 0.0471 e. The quantitative estimate of drug-likeness (QED) is 0.786. The Hall–Kier alpha value is -0.500. The molecule has 14 heavy (non-hydrogen) atoms. The second-order valence-electron chi connectivity index (χ2n) is 3.51. The van der Waals surface area contributed by atoms with Crippen LogP contribution in [0.2, 0.25) is 10.0 Å². The monoisotopic (exact) mass is 229 g/mol. The molecule has 1 nitrogen and oxygen atoms in total. The van der Waals surface area contributed by atoms with Crippen molar-refractivity contribution in [3.8, 4) is 0 Å². The highest BCUT2D eigenvalue weighted by molar-refractivity contribution is 6.36. The predicted octanol–water partition coefficient (Wildman–Crippen LogP) is 3.74. The van der Waals surface area contributed by atoms with Gasteiger partial charge in [-0.15, -0.1) is 6.58 Å². The Morgan fingerprint density at radius 2 is 1.93 bits per heavy atom. The van der Waals surface area contributed by atoms with Crippen molar-refractivity contribution in [2.24, 2.45) is 5.73 Å². The van der Waals surface area contributed by atoms with E-state index in [1.54, 1.807) is 24.3 Å². The van der Waals surface area contributed by atoms with Gasteiger partial charge in [-0.1, -0.05) is 35.3 Å². The number of hydrogen-bond donors (Lipinski definition) is 1. The van der Waals surface area contributed by atoms with Crippen LogP contribution in [0.25, 0.3) is 0 Å². The van der Waals surface area contributed by atoms with E-state index in [1.165, 1.54) is 0 Å². The molecular formula is C11H13Cl2N. The molecule has 0 saturated carbocycles. The SMILES string of the molecule is C=CC[C@@](C)(N)c1c(Cl)cccc1Cl. The normalized spacial score (nSPS) is 14.9. The molecule has 1 aromatic rings. The van der Waals surface area contributed by atoms with E-state index in [9.17, 15) is 0 Å². The van der Waals surface area contributed by atoms with Crippen molar-refractivity contribution in [1.29, 1.82) is 0 Å². The molecule has 1 rings (SSSR count). The third kappa shape index (κ3) is 2.30. The lowest BCUT2D eigenvalue weighted by atomic mass is 9.90. The van der Waals surface area contributed by atoms with Crippen LogP contribution in [0.1, 0.15) is 18.9 Å². The molecule has 0 aliphatic heterocycles. The number of halogens is 2. The van der Waals surface area contributed by atoms with E-state index in [1.807, 2.05) is 6.92 Å². The van der Waals surface area contributed by atoms with Gasteiger partial charge in [-0.2, -0.15) is 0 Å². The summed E-state index contributed by atoms with van der Waals surface area (Å²) in [6, 6.07) is 5.38. The Kier molecular flexibility index (Phi) is 3.59. The van der Waals surface area contributed by atoms with Gasteiger partial charge in [0.1, 0.15) is 0 Å². The maximum absolute atomic E-state index is 6.11. The predicted molar refractivity (Wildman–Crippen MR) is 62.8 cm³/mol. The first-order valence-electron chi connectivity index (χ1n) is 4.33. The number of hydrogen-bond acceptors (Lipinski definition) is 1. The Morgan fingerprint density at radius 1 is 1.43 bits per heavy atom. The highest BCUT2D eigenvalue weighted by atomic mass is 35.5. The van der Waals surface area contributed by atoms with E-state index in [-0.39, 0.29) is 0 Å². The Labute approximate surface area is 94.5 Å². The van der Waals surface area contributed by atoms with Crippen molar-refractivity contribution >= 4 is 23.2 Å². The minimum absolute atomic E-state index is 0.558. The summed E-state index contributed by atoms with van der Waals surface area (Å²) in [6.45, 7) is 5.56. The molecule has 0 unspecified atom stereocenters. The first-order chi connectivity index (χ1) is 6.49. The van der Waals surface area contributed by atoms with Crippen LogP contribution in [0.3, 0.4) is 0 Å². The summed E-state index contributed by atoms with van der Waals surface area (Å²) in [4.78, 5) is 0. The molecule has 0 spiro atoms. The van der Waals surface area contributed by atoms with Crippen LogP contribution >= 0.6 is 23.2 Å². The van der Waals surface area contributed by atoms with Crippen LogP contribution in [0.15, 0.2) is 30.9 Å². The molecule has 1 atom stereocenters. The van der Waals surface area contributed by atoms with E-state index in [4.69, 9.17) is 28.9 Å². The fourth-order valence-corrected chi connectivity index (χ4v) is 2.27. The molecule has 0 fully saturated rings. The summed E-state index contributed by atoms with van der Waals surface area (Å²) in [5, 5.41) is 1.20. The van der Waals surface area contributed by atoms with Gasteiger partial charge in [0.25, 0.3) is 0 Å². The minimum Gasteiger partial charge on any atom is -0.321 e. The van der Waals surface area contributed by atoms with Crippen LogP contribution < -0.4 is 5.73 Å². The molecule has 1 aromatic carbocycles. The van der Waals surface area contributed by atoms with Crippen LogP contribution in [-0.4, -0.2) is 0 Å². The first-order valence-corrected chi connectivity index (χ1v) is 5.09. The third-order valence-corrected chi connectivity index (χ3v) is 2.73. The van der Waals surface area contributed by atoms with Gasteiger partial charge in [-0.25, -0.2) is 0 Å². The van der Waals surface area contributed by atoms with Crippen LogP contribution in [-0.2, 0) is 5.54 Å². The van der Waals surface area contributed by atoms with E-state index in [0.717, 1.165) is 5.56 Å². The Morgan fingerprint density at radius 3 is 2.36 bits per heavy atom. The molecule has 0 amide bonds. The van der Waals surface area contributed by atoms with E-state index < -0.39 is 5.54 Å². The number of rotatable bonds is 3. The van der Waals surface area contributed by atoms with Crippen LogP contribution in [0, 0.1) is 0 Å². The maximum Gasteiger partial charge on any atom is 0.0471 e. The second-order valence-corrected chi connectivity index (χ2v) is 4.32. The summed E-state index contributed by atoms with van der Waals surface area (Å²) in [5.74, 6) is 0. The minimum atomic E-state index is -0.558. The van der Waals surface area contributed by atoms with E-state index in [0.29, 0.717) is 16.5 Å². The Balaban J connectivity index is 3.23. The summed E-state index contributed by atoms with van der Waals surface area (Å²) < 4.78 is 0. The summed E-state index contributed by atoms with van der Waals surface area (Å²) in [6.07, 6.45) is 2.40. The highest BCUT2D eigenvalue weighted by Gasteiger charge is 2.24. The van der Waals surface area contributed by atoms with Crippen molar-refractivity contribution in [3.63, 3.8) is 0 Å². The van der Waals surface area contributed by atoms with Gasteiger partial charge in [0.05, 0.1) is 0 Å². The number of benzene rings is 1. The van der Waals surface area contributed by atoms with E-state index >= 15 is 0 Å². The molecule has 0 radical (unpaired) electrons. The molecule has 0 heterocycles. The van der Waals surface area contributed by atoms with Crippen molar-refractivity contribution in [2.45, 2.75) is 18.9 Å². The van der Waals surface area contributed by atoms with Crippen molar-refractivity contribution < 1.29 is 0 Å². The van der Waals surface area contributed by atoms with Gasteiger partial charge in [0.15, 0.2) is 0 Å². The molecule has 76 valence electrons. The van der Waals surface area contributed by atoms with Gasteiger partial charge in [0.2, 0.25) is 0 Å². The number of nitrogens with two attached hydrogens (primary N) is 1. The fourth-order valence-electron chi connectivity index (χ4n) is 1.45. The van der Waals surface area contributed by atoms with Crippen molar-refractivity contribution in [1.82, 2.24) is 0 Å². The zero-order chi connectivity index (χ0) is 10.8. The summed E-state index contributed by atoms with van der Waals surface area (Å²) in [5.41, 5.74) is 6.33. The second kappa shape index (κ2) is 4.35. The molecule has 0 aliphatic rings.